The average Bonchev–Trinajstić information content (AvgIpc) is 2.79. The summed E-state index contributed by atoms with van der Waals surface area (Å²) in [6, 6.07) is 18.9. The lowest BCUT2D eigenvalue weighted by atomic mass is 10.0. The number of amides is 1. The van der Waals surface area contributed by atoms with Crippen molar-refractivity contribution in [3.05, 3.63) is 78.6 Å². The van der Waals surface area contributed by atoms with Crippen LogP contribution in [0, 0.1) is 0 Å². The van der Waals surface area contributed by atoms with Crippen molar-refractivity contribution in [3.8, 4) is 16.9 Å². The van der Waals surface area contributed by atoms with Crippen molar-refractivity contribution in [1.82, 2.24) is 4.98 Å². The minimum Gasteiger partial charge on any atom is -0.493 e. The third-order valence-electron chi connectivity index (χ3n) is 4.79. The van der Waals surface area contributed by atoms with Crippen molar-refractivity contribution in [1.29, 1.82) is 0 Å². The van der Waals surface area contributed by atoms with Gasteiger partial charge in [-0.1, -0.05) is 24.3 Å². The zero-order chi connectivity index (χ0) is 23.9. The van der Waals surface area contributed by atoms with E-state index in [1.807, 2.05) is 12.1 Å². The largest absolute Gasteiger partial charge is 0.493 e. The van der Waals surface area contributed by atoms with Crippen LogP contribution in [-0.2, 0) is 20.3 Å². The number of carbonyl (C=O) groups excluding carboxylic acids is 1. The van der Waals surface area contributed by atoms with Gasteiger partial charge in [-0.2, -0.15) is 0 Å². The maximum absolute atomic E-state index is 12.3. The average molecular weight is 471 g/mol. The summed E-state index contributed by atoms with van der Waals surface area (Å²) >= 11 is 0. The molecule has 0 aliphatic heterocycles. The molecule has 0 bridgehead atoms. The molecule has 0 saturated heterocycles. The van der Waals surface area contributed by atoms with Crippen molar-refractivity contribution in [3.63, 3.8) is 0 Å². The third kappa shape index (κ3) is 7.78. The van der Waals surface area contributed by atoms with Gasteiger partial charge in [-0.25, -0.2) is 4.57 Å². The first-order valence-electron chi connectivity index (χ1n) is 10.1. The van der Waals surface area contributed by atoms with Crippen LogP contribution >= 0.6 is 7.82 Å². The molecule has 9 nitrogen and oxygen atoms in total. The number of rotatable bonds is 10. The zero-order valence-electron chi connectivity index (χ0n) is 18.0. The fourth-order valence-corrected chi connectivity index (χ4v) is 3.32. The second-order valence-electron chi connectivity index (χ2n) is 7.69. The smallest absolute Gasteiger partial charge is 0.469 e. The lowest BCUT2D eigenvalue weighted by Gasteiger charge is -2.23. The quantitative estimate of drug-likeness (QED) is 0.330. The Morgan fingerprint density at radius 2 is 1.64 bits per heavy atom. The summed E-state index contributed by atoms with van der Waals surface area (Å²) in [6.45, 7) is 1.17. The van der Waals surface area contributed by atoms with E-state index in [-0.39, 0.29) is 0 Å². The second-order valence-corrected chi connectivity index (χ2v) is 8.93. The number of carbonyl (C=O) groups is 1. The molecule has 0 radical (unpaired) electrons. The maximum atomic E-state index is 12.3. The number of phosphoric ester groups is 1. The molecule has 3 rings (SSSR count). The normalized spacial score (nSPS) is 13.2. The monoisotopic (exact) mass is 471 g/mol. The highest BCUT2D eigenvalue weighted by atomic mass is 31.2. The van der Waals surface area contributed by atoms with Crippen LogP contribution in [0.25, 0.3) is 11.1 Å². The van der Waals surface area contributed by atoms with Gasteiger partial charge in [0, 0.05) is 24.5 Å². The van der Waals surface area contributed by atoms with Gasteiger partial charge in [0.15, 0.2) is 0 Å². The Labute approximate surface area is 191 Å². The fraction of sp³-hybridized carbons (Fsp3) is 0.217. The van der Waals surface area contributed by atoms with E-state index in [2.05, 4.69) is 39.1 Å². The number of aromatic nitrogens is 1. The molecule has 0 aliphatic rings. The van der Waals surface area contributed by atoms with Gasteiger partial charge < -0.3 is 25.6 Å². The summed E-state index contributed by atoms with van der Waals surface area (Å²) in [5.74, 6) is 0.00146. The minimum absolute atomic E-state index is 0.465. The molecule has 1 amide bonds. The third-order valence-corrected chi connectivity index (χ3v) is 5.26. The summed E-state index contributed by atoms with van der Waals surface area (Å²) in [5.41, 5.74) is 8.03. The van der Waals surface area contributed by atoms with E-state index in [1.54, 1.807) is 36.7 Å². The number of ether oxygens (including phenoxy) is 1. The Balaban J connectivity index is 1.47. The molecule has 0 aliphatic carbocycles. The zero-order valence-corrected chi connectivity index (χ0v) is 18.9. The molecule has 2 aromatic carbocycles. The van der Waals surface area contributed by atoms with Gasteiger partial charge in [0.2, 0.25) is 5.91 Å². The minimum atomic E-state index is -4.72. The van der Waals surface area contributed by atoms with Gasteiger partial charge in [0.25, 0.3) is 0 Å². The van der Waals surface area contributed by atoms with Crippen LogP contribution in [-0.4, -0.2) is 39.4 Å². The Bertz CT molecular complexity index is 1100. The highest BCUT2D eigenvalue weighted by molar-refractivity contribution is 7.46. The van der Waals surface area contributed by atoms with Crippen LogP contribution in [0.15, 0.2) is 73.1 Å². The first-order chi connectivity index (χ1) is 15.6. The Morgan fingerprint density at radius 3 is 2.24 bits per heavy atom. The lowest BCUT2D eigenvalue weighted by molar-refractivity contribution is -0.121. The highest BCUT2D eigenvalue weighted by Crippen LogP contribution is 2.36. The summed E-state index contributed by atoms with van der Waals surface area (Å²) in [5, 5.41) is 2.59. The number of nitrogens with zero attached hydrogens (tertiary/aromatic N) is 1. The van der Waals surface area contributed by atoms with E-state index >= 15 is 0 Å². The molecule has 1 atom stereocenters. The van der Waals surface area contributed by atoms with Gasteiger partial charge in [-0.05, 0) is 60.0 Å². The van der Waals surface area contributed by atoms with Gasteiger partial charge >= 0.3 is 7.82 Å². The van der Waals surface area contributed by atoms with Crippen LogP contribution in [0.3, 0.4) is 0 Å². The number of hydrogen-bond donors (Lipinski definition) is 4. The summed E-state index contributed by atoms with van der Waals surface area (Å²) < 4.78 is 20.9. The number of nitrogens with one attached hydrogen (secondary N) is 1. The second kappa shape index (κ2) is 10.7. The first-order valence-corrected chi connectivity index (χ1v) is 11.7. The standard InChI is InChI=1S/C23H26N3O6P/c1-23(24,16-32-33(28,29)30)22(27)26-20-6-8-21(9-7-20)31-15-12-17-2-4-18(5-3-17)19-10-13-25-14-11-19/h2-11,13-14H,12,15-16,24H2,1H3,(H,26,27)(H2,28,29,30)/t23-/m0/s1. The van der Waals surface area contributed by atoms with Crippen molar-refractivity contribution in [2.24, 2.45) is 5.73 Å². The SMILES string of the molecule is C[C@](N)(COP(=O)(O)O)C(=O)Nc1ccc(OCCc2ccc(-c3ccncc3)cc2)cc1. The van der Waals surface area contributed by atoms with Gasteiger partial charge in [0.1, 0.15) is 11.3 Å². The molecule has 33 heavy (non-hydrogen) atoms. The molecular weight excluding hydrogens is 445 g/mol. The number of benzene rings is 2. The summed E-state index contributed by atoms with van der Waals surface area (Å²) in [4.78, 5) is 33.8. The molecule has 10 heteroatoms. The fourth-order valence-electron chi connectivity index (χ4n) is 2.89. The number of pyridine rings is 1. The van der Waals surface area contributed by atoms with Crippen molar-refractivity contribution in [2.75, 3.05) is 18.5 Å². The molecule has 3 aromatic rings. The topological polar surface area (TPSA) is 144 Å². The lowest BCUT2D eigenvalue weighted by Crippen LogP contribution is -2.52. The van der Waals surface area contributed by atoms with Crippen molar-refractivity contribution >= 4 is 19.4 Å². The molecule has 0 fully saturated rings. The first kappa shape index (κ1) is 24.6. The summed E-state index contributed by atoms with van der Waals surface area (Å²) in [6.07, 6.45) is 4.27. The van der Waals surface area contributed by atoms with Crippen molar-refractivity contribution < 1.29 is 28.4 Å². The van der Waals surface area contributed by atoms with E-state index in [4.69, 9.17) is 20.3 Å². The number of nitrogens with two attached hydrogens (primary N) is 1. The molecule has 174 valence electrons. The molecule has 0 unspecified atom stereocenters. The Hall–Kier alpha value is -3.07. The molecule has 1 heterocycles. The predicted molar refractivity (Wildman–Crippen MR) is 125 cm³/mol. The van der Waals surface area contributed by atoms with Crippen LogP contribution in [0.5, 0.6) is 5.75 Å². The van der Waals surface area contributed by atoms with Crippen LogP contribution in [0.2, 0.25) is 0 Å². The Kier molecular flexibility index (Phi) is 7.97. The van der Waals surface area contributed by atoms with Gasteiger partial charge in [-0.15, -0.1) is 0 Å². The van der Waals surface area contributed by atoms with Gasteiger partial charge in [0.05, 0.1) is 13.2 Å². The molecule has 5 N–H and O–H groups in total. The Morgan fingerprint density at radius 1 is 1.03 bits per heavy atom. The number of anilines is 1. The predicted octanol–water partition coefficient (Wildman–Crippen LogP) is 3.14. The number of phosphoric acid groups is 1. The molecule has 0 spiro atoms. The number of hydrogen-bond acceptors (Lipinski definition) is 6. The highest BCUT2D eigenvalue weighted by Gasteiger charge is 2.32. The maximum Gasteiger partial charge on any atom is 0.469 e. The summed E-state index contributed by atoms with van der Waals surface area (Å²) in [7, 11) is -4.72. The van der Waals surface area contributed by atoms with E-state index in [0.29, 0.717) is 18.0 Å². The van der Waals surface area contributed by atoms with E-state index in [1.165, 1.54) is 6.92 Å². The molecule has 0 saturated carbocycles. The van der Waals surface area contributed by atoms with E-state index in [9.17, 15) is 9.36 Å². The van der Waals surface area contributed by atoms with Crippen LogP contribution < -0.4 is 15.8 Å². The van der Waals surface area contributed by atoms with Crippen molar-refractivity contribution in [2.45, 2.75) is 18.9 Å². The molecule has 1 aromatic heterocycles. The van der Waals surface area contributed by atoms with E-state index in [0.717, 1.165) is 23.1 Å². The van der Waals surface area contributed by atoms with Gasteiger partial charge in [-0.3, -0.25) is 14.3 Å². The van der Waals surface area contributed by atoms with Crippen LogP contribution in [0.1, 0.15) is 12.5 Å². The van der Waals surface area contributed by atoms with E-state index < -0.39 is 25.9 Å². The van der Waals surface area contributed by atoms with Crippen LogP contribution in [0.4, 0.5) is 5.69 Å². The molecular formula is C23H26N3O6P.